The molecule has 1 aromatic rings. The highest BCUT2D eigenvalue weighted by Crippen LogP contribution is 2.20. The second-order valence-electron chi connectivity index (χ2n) is 7.69. The Labute approximate surface area is 156 Å². The number of hydrogen-bond acceptors (Lipinski definition) is 4. The third-order valence-corrected chi connectivity index (χ3v) is 4.41. The summed E-state index contributed by atoms with van der Waals surface area (Å²) in [5.41, 5.74) is 1.67. The van der Waals surface area contributed by atoms with Gasteiger partial charge in [-0.3, -0.25) is 4.79 Å². The molecule has 1 aliphatic rings. The molecule has 6 nitrogen and oxygen atoms in total. The predicted octanol–water partition coefficient (Wildman–Crippen LogP) is 3.15. The number of carbonyl (C=O) groups excluding carboxylic acids is 2. The van der Waals surface area contributed by atoms with E-state index in [2.05, 4.69) is 0 Å². The summed E-state index contributed by atoms with van der Waals surface area (Å²) in [6.45, 7) is 11.7. The maximum absolute atomic E-state index is 12.5. The zero-order valence-electron chi connectivity index (χ0n) is 16.5. The van der Waals surface area contributed by atoms with Crippen molar-refractivity contribution in [2.24, 2.45) is 0 Å². The number of carbonyl (C=O) groups is 2. The Kier molecular flexibility index (Phi) is 6.51. The number of rotatable bonds is 3. The van der Waals surface area contributed by atoms with Crippen molar-refractivity contribution < 1.29 is 19.1 Å². The molecule has 0 spiro atoms. The molecule has 1 heterocycles. The van der Waals surface area contributed by atoms with Crippen molar-refractivity contribution in [2.75, 3.05) is 32.8 Å². The Hall–Kier alpha value is -2.24. The summed E-state index contributed by atoms with van der Waals surface area (Å²) < 4.78 is 11.1. The highest BCUT2D eigenvalue weighted by atomic mass is 16.6. The van der Waals surface area contributed by atoms with E-state index in [4.69, 9.17) is 9.47 Å². The molecule has 1 aliphatic heterocycles. The molecular formula is C20H30N2O4. The minimum absolute atomic E-state index is 0.0106. The van der Waals surface area contributed by atoms with Crippen molar-refractivity contribution in [3.8, 4) is 5.75 Å². The van der Waals surface area contributed by atoms with Gasteiger partial charge in [0.25, 0.3) is 5.91 Å². The summed E-state index contributed by atoms with van der Waals surface area (Å²) in [5.74, 6) is 0.681. The van der Waals surface area contributed by atoms with E-state index in [-0.39, 0.29) is 18.6 Å². The van der Waals surface area contributed by atoms with Crippen molar-refractivity contribution in [3.05, 3.63) is 29.3 Å². The van der Waals surface area contributed by atoms with E-state index in [9.17, 15) is 9.59 Å². The van der Waals surface area contributed by atoms with Crippen LogP contribution in [0.25, 0.3) is 0 Å². The van der Waals surface area contributed by atoms with Crippen LogP contribution in [0, 0.1) is 13.8 Å². The monoisotopic (exact) mass is 362 g/mol. The molecule has 0 aliphatic carbocycles. The molecule has 1 fully saturated rings. The molecule has 0 radical (unpaired) electrons. The lowest BCUT2D eigenvalue weighted by Gasteiger charge is -2.26. The fourth-order valence-corrected chi connectivity index (χ4v) is 2.79. The van der Waals surface area contributed by atoms with Crippen molar-refractivity contribution in [1.82, 2.24) is 9.80 Å². The van der Waals surface area contributed by atoms with Crippen LogP contribution in [0.1, 0.15) is 38.3 Å². The lowest BCUT2D eigenvalue weighted by molar-refractivity contribution is -0.133. The van der Waals surface area contributed by atoms with Crippen molar-refractivity contribution in [1.29, 1.82) is 0 Å². The quantitative estimate of drug-likeness (QED) is 0.829. The molecule has 26 heavy (non-hydrogen) atoms. The Morgan fingerprint density at radius 3 is 2.38 bits per heavy atom. The minimum Gasteiger partial charge on any atom is -0.483 e. The van der Waals surface area contributed by atoms with Crippen LogP contribution in [-0.2, 0) is 9.53 Å². The molecule has 2 rings (SSSR count). The largest absolute Gasteiger partial charge is 0.483 e. The number of hydrogen-bond donors (Lipinski definition) is 0. The Bertz CT molecular complexity index is 652. The van der Waals surface area contributed by atoms with Gasteiger partial charge in [0.2, 0.25) is 0 Å². The summed E-state index contributed by atoms with van der Waals surface area (Å²) >= 11 is 0. The van der Waals surface area contributed by atoms with Gasteiger partial charge in [-0.15, -0.1) is 0 Å². The Balaban J connectivity index is 1.87. The Morgan fingerprint density at radius 1 is 1.04 bits per heavy atom. The number of ether oxygens (including phenoxy) is 2. The fraction of sp³-hybridized carbons (Fsp3) is 0.600. The molecule has 0 unspecified atom stereocenters. The zero-order chi connectivity index (χ0) is 19.3. The van der Waals surface area contributed by atoms with E-state index in [1.165, 1.54) is 0 Å². The van der Waals surface area contributed by atoms with E-state index in [1.54, 1.807) is 9.80 Å². The van der Waals surface area contributed by atoms with Gasteiger partial charge in [0.1, 0.15) is 11.4 Å². The zero-order valence-corrected chi connectivity index (χ0v) is 16.5. The molecular weight excluding hydrogens is 332 g/mol. The van der Waals surface area contributed by atoms with Gasteiger partial charge in [0.05, 0.1) is 0 Å². The van der Waals surface area contributed by atoms with E-state index >= 15 is 0 Å². The van der Waals surface area contributed by atoms with Gasteiger partial charge in [0, 0.05) is 26.2 Å². The normalized spacial score (nSPS) is 15.4. The van der Waals surface area contributed by atoms with E-state index in [1.807, 2.05) is 52.8 Å². The molecule has 0 saturated carbocycles. The topological polar surface area (TPSA) is 59.1 Å². The van der Waals surface area contributed by atoms with Crippen LogP contribution < -0.4 is 4.74 Å². The molecule has 0 aromatic heterocycles. The Morgan fingerprint density at radius 2 is 1.69 bits per heavy atom. The molecule has 144 valence electrons. The van der Waals surface area contributed by atoms with E-state index < -0.39 is 5.60 Å². The van der Waals surface area contributed by atoms with Crippen LogP contribution >= 0.6 is 0 Å². The van der Waals surface area contributed by atoms with Crippen molar-refractivity contribution in [3.63, 3.8) is 0 Å². The lowest BCUT2D eigenvalue weighted by atomic mass is 10.1. The second-order valence-corrected chi connectivity index (χ2v) is 7.69. The van der Waals surface area contributed by atoms with E-state index in [0.29, 0.717) is 26.2 Å². The molecule has 1 saturated heterocycles. The molecule has 1 aromatic carbocycles. The summed E-state index contributed by atoms with van der Waals surface area (Å²) in [6, 6.07) is 5.82. The first kappa shape index (κ1) is 20.1. The van der Waals surface area contributed by atoms with Crippen LogP contribution in [0.5, 0.6) is 5.75 Å². The van der Waals surface area contributed by atoms with Crippen LogP contribution in [0.2, 0.25) is 0 Å². The predicted molar refractivity (Wildman–Crippen MR) is 100 cm³/mol. The van der Waals surface area contributed by atoms with Crippen LogP contribution in [0.15, 0.2) is 18.2 Å². The maximum atomic E-state index is 12.5. The highest BCUT2D eigenvalue weighted by Gasteiger charge is 2.26. The average molecular weight is 362 g/mol. The molecule has 0 N–H and O–H groups in total. The molecule has 0 bridgehead atoms. The number of benzene rings is 1. The van der Waals surface area contributed by atoms with E-state index in [0.717, 1.165) is 23.3 Å². The summed E-state index contributed by atoms with van der Waals surface area (Å²) in [7, 11) is 0. The summed E-state index contributed by atoms with van der Waals surface area (Å²) in [4.78, 5) is 28.1. The highest BCUT2D eigenvalue weighted by molar-refractivity contribution is 5.78. The fourth-order valence-electron chi connectivity index (χ4n) is 2.79. The summed E-state index contributed by atoms with van der Waals surface area (Å²) in [6.07, 6.45) is 0.410. The van der Waals surface area contributed by atoms with Gasteiger partial charge in [-0.2, -0.15) is 0 Å². The van der Waals surface area contributed by atoms with Gasteiger partial charge in [-0.25, -0.2) is 4.79 Å². The maximum Gasteiger partial charge on any atom is 0.410 e. The van der Waals surface area contributed by atoms with Crippen molar-refractivity contribution >= 4 is 12.0 Å². The first-order chi connectivity index (χ1) is 12.2. The van der Waals surface area contributed by atoms with Crippen LogP contribution in [0.3, 0.4) is 0 Å². The minimum atomic E-state index is -0.515. The number of aryl methyl sites for hydroxylation is 1. The van der Waals surface area contributed by atoms with Gasteiger partial charge in [0.15, 0.2) is 6.61 Å². The second kappa shape index (κ2) is 8.43. The van der Waals surface area contributed by atoms with Crippen molar-refractivity contribution in [2.45, 2.75) is 46.6 Å². The lowest BCUT2D eigenvalue weighted by Crippen LogP contribution is -2.41. The SMILES string of the molecule is Cc1cccc(OCC(=O)N2CCCN(C(=O)OC(C)(C)C)CC2)c1C. The number of amides is 2. The van der Waals surface area contributed by atoms with Gasteiger partial charge in [-0.05, 0) is 58.2 Å². The standard InChI is InChI=1S/C20H30N2O4/c1-15-8-6-9-17(16(15)2)25-14-18(23)21-10-7-11-22(13-12-21)19(24)26-20(3,4)5/h6,8-9H,7,10-14H2,1-5H3. The third kappa shape index (κ3) is 5.64. The average Bonchev–Trinajstić information content (AvgIpc) is 2.80. The molecule has 2 amide bonds. The third-order valence-electron chi connectivity index (χ3n) is 4.41. The van der Waals surface area contributed by atoms with Crippen LogP contribution in [0.4, 0.5) is 4.79 Å². The first-order valence-electron chi connectivity index (χ1n) is 9.12. The summed E-state index contributed by atoms with van der Waals surface area (Å²) in [5, 5.41) is 0. The van der Waals surface area contributed by atoms with Gasteiger partial charge >= 0.3 is 6.09 Å². The van der Waals surface area contributed by atoms with Gasteiger partial charge < -0.3 is 19.3 Å². The number of nitrogens with zero attached hydrogens (tertiary/aromatic N) is 2. The molecule has 6 heteroatoms. The van der Waals surface area contributed by atoms with Gasteiger partial charge in [-0.1, -0.05) is 12.1 Å². The first-order valence-corrected chi connectivity index (χ1v) is 9.12. The molecule has 0 atom stereocenters. The smallest absolute Gasteiger partial charge is 0.410 e. The van der Waals surface area contributed by atoms with Crippen LogP contribution in [-0.4, -0.2) is 60.2 Å².